The Kier molecular flexibility index (Phi) is 57.0. The van der Waals surface area contributed by atoms with Gasteiger partial charge in [0.1, 0.15) is 98.0 Å². The molecule has 0 saturated heterocycles. The number of nitrogens with one attached hydrogen (secondary N) is 6. The Hall–Kier alpha value is -6.48. The largest absolute Gasteiger partial charge is 0.447 e. The van der Waals surface area contributed by atoms with E-state index in [4.69, 9.17) is 67.7 Å². The van der Waals surface area contributed by atoms with E-state index < -0.39 is 158 Å². The fourth-order valence-corrected chi connectivity index (χ4v) is 9.89. The SMILES string of the molecule is CC(C)[C@H](NC(=O)[C@H](CCCCNC(=O)OCC(O)COCC(O)COCC(O)COCC(O)COCC(O)COCC(O)COCC(O)COCC(O)COCC(O)COCC(O)COCC(O)COCC(O)CO)NC(=O)CCCCCN1C(=O)C=CC1=O)C(=O)N[C@@H](CCCNC(N)=O)C(=O)Nc1ccc(CO)cc1. The van der Waals surface area contributed by atoms with Crippen LogP contribution in [0.15, 0.2) is 36.4 Å². The molecule has 0 spiro atoms. The lowest BCUT2D eigenvalue weighted by Gasteiger charge is -2.27. The Labute approximate surface area is 656 Å². The van der Waals surface area contributed by atoms with Gasteiger partial charge in [0, 0.05) is 43.9 Å². The molecule has 113 heavy (non-hydrogen) atoms. The summed E-state index contributed by atoms with van der Waals surface area (Å²) in [5.41, 5.74) is 6.17. The molecule has 42 nitrogen and oxygen atoms in total. The van der Waals surface area contributed by atoms with E-state index in [1.54, 1.807) is 38.1 Å². The zero-order chi connectivity index (χ0) is 83.7. The van der Waals surface area contributed by atoms with E-state index in [2.05, 4.69) is 31.9 Å². The first-order chi connectivity index (χ1) is 54.0. The van der Waals surface area contributed by atoms with Crippen molar-refractivity contribution in [2.75, 3.05) is 184 Å². The first-order valence-electron chi connectivity index (χ1n) is 37.5. The highest BCUT2D eigenvalue weighted by atomic mass is 16.6. The van der Waals surface area contributed by atoms with Gasteiger partial charge in [-0.15, -0.1) is 0 Å². The van der Waals surface area contributed by atoms with Gasteiger partial charge in [-0.05, 0) is 68.6 Å². The highest BCUT2D eigenvalue weighted by molar-refractivity contribution is 6.12. The van der Waals surface area contributed by atoms with Crippen molar-refractivity contribution in [1.29, 1.82) is 0 Å². The quantitative estimate of drug-likeness (QED) is 0.0213. The summed E-state index contributed by atoms with van der Waals surface area (Å²) in [5, 5.41) is 155. The van der Waals surface area contributed by atoms with Gasteiger partial charge < -0.3 is 166 Å². The zero-order valence-electron chi connectivity index (χ0n) is 64.3. The Morgan fingerprint density at radius 2 is 0.752 bits per heavy atom. The van der Waals surface area contributed by atoms with E-state index in [1.807, 2.05) is 0 Å². The predicted octanol–water partition coefficient (Wildman–Crippen LogP) is -7.44. The number of aliphatic hydroxyl groups excluding tert-OH is 14. The lowest BCUT2D eigenvalue weighted by molar-refractivity contribution is -0.137. The van der Waals surface area contributed by atoms with Gasteiger partial charge in [-0.1, -0.05) is 32.4 Å². The van der Waals surface area contributed by atoms with Crippen LogP contribution in [0.2, 0.25) is 0 Å². The normalized spacial score (nSPS) is 16.4. The van der Waals surface area contributed by atoms with Crippen molar-refractivity contribution in [2.24, 2.45) is 11.7 Å². The monoisotopic (exact) mass is 1630 g/mol. The van der Waals surface area contributed by atoms with Gasteiger partial charge in [-0.2, -0.15) is 0 Å². The molecular weight excluding hydrogens is 1510 g/mol. The number of urea groups is 1. The van der Waals surface area contributed by atoms with Crippen molar-refractivity contribution in [3.05, 3.63) is 42.0 Å². The van der Waals surface area contributed by atoms with E-state index in [-0.39, 0.29) is 210 Å². The van der Waals surface area contributed by atoms with Crippen molar-refractivity contribution < 1.29 is 167 Å². The third-order valence-corrected chi connectivity index (χ3v) is 15.7. The molecule has 652 valence electrons. The molecule has 0 aliphatic carbocycles. The second kappa shape index (κ2) is 62.8. The number of rotatable bonds is 71. The van der Waals surface area contributed by atoms with Crippen molar-refractivity contribution in [1.82, 2.24) is 31.5 Å². The fraction of sp³-hybridized carbons (Fsp3) is 0.775. The fourth-order valence-electron chi connectivity index (χ4n) is 9.89. The average Bonchev–Trinajstić information content (AvgIpc) is 1.66. The van der Waals surface area contributed by atoms with Crippen molar-refractivity contribution in [2.45, 2.75) is 170 Å². The minimum absolute atomic E-state index is 0.0229. The summed E-state index contributed by atoms with van der Waals surface area (Å²) in [6.45, 7) is -2.71. The molecular formula is C71H124N8O34. The van der Waals surface area contributed by atoms with Crippen LogP contribution in [-0.4, -0.2) is 394 Å². The van der Waals surface area contributed by atoms with E-state index in [9.17, 15) is 105 Å². The number of ether oxygens (including phenoxy) is 12. The Morgan fingerprint density at radius 1 is 0.398 bits per heavy atom. The minimum Gasteiger partial charge on any atom is -0.447 e. The molecule has 1 heterocycles. The minimum atomic E-state index is -1.31. The second-order valence-corrected chi connectivity index (χ2v) is 27.1. The van der Waals surface area contributed by atoms with Crippen molar-refractivity contribution in [3.8, 4) is 0 Å². The number of carbonyl (C=O) groups excluding carboxylic acids is 8. The first-order valence-corrected chi connectivity index (χ1v) is 37.5. The van der Waals surface area contributed by atoms with Gasteiger partial charge in [0.05, 0.1) is 159 Å². The van der Waals surface area contributed by atoms with Crippen molar-refractivity contribution >= 4 is 53.3 Å². The molecule has 0 radical (unpaired) electrons. The number of primary amides is 1. The number of hydrogen-bond donors (Lipinski definition) is 21. The summed E-state index contributed by atoms with van der Waals surface area (Å²) in [6.07, 6.45) is -10.0. The Balaban J connectivity index is 1.61. The Bertz CT molecular complexity index is 2760. The molecule has 42 heteroatoms. The summed E-state index contributed by atoms with van der Waals surface area (Å²) in [6, 6.07) is 2.00. The maximum Gasteiger partial charge on any atom is 0.407 e. The van der Waals surface area contributed by atoms with Crippen LogP contribution in [0, 0.1) is 5.92 Å². The van der Waals surface area contributed by atoms with Crippen LogP contribution in [0.5, 0.6) is 0 Å². The van der Waals surface area contributed by atoms with Crippen molar-refractivity contribution in [3.63, 3.8) is 0 Å². The van der Waals surface area contributed by atoms with Gasteiger partial charge in [-0.3, -0.25) is 33.7 Å². The van der Waals surface area contributed by atoms with Gasteiger partial charge in [0.2, 0.25) is 23.6 Å². The number of carbonyl (C=O) groups is 8. The molecule has 9 amide bonds. The summed E-state index contributed by atoms with van der Waals surface area (Å²) >= 11 is 0. The van der Waals surface area contributed by atoms with Crippen LogP contribution < -0.4 is 37.6 Å². The van der Waals surface area contributed by atoms with E-state index in [1.165, 1.54) is 12.2 Å². The number of anilines is 1. The molecule has 1 aliphatic rings. The summed E-state index contributed by atoms with van der Waals surface area (Å²) in [7, 11) is 0. The number of amides is 9. The second-order valence-electron chi connectivity index (χ2n) is 27.1. The maximum atomic E-state index is 14.0. The molecule has 12 unspecified atom stereocenters. The smallest absolute Gasteiger partial charge is 0.407 e. The number of unbranched alkanes of at least 4 members (excludes halogenated alkanes) is 3. The molecule has 0 fully saturated rings. The molecule has 1 aromatic rings. The molecule has 0 bridgehead atoms. The third-order valence-electron chi connectivity index (χ3n) is 15.7. The highest BCUT2D eigenvalue weighted by Crippen LogP contribution is 2.15. The van der Waals surface area contributed by atoms with Crippen LogP contribution in [0.4, 0.5) is 15.3 Å². The van der Waals surface area contributed by atoms with Crippen LogP contribution >= 0.6 is 0 Å². The molecule has 15 atom stereocenters. The van der Waals surface area contributed by atoms with Gasteiger partial charge in [-0.25, -0.2) is 9.59 Å². The molecule has 0 saturated carbocycles. The van der Waals surface area contributed by atoms with Gasteiger partial charge >= 0.3 is 12.1 Å². The summed E-state index contributed by atoms with van der Waals surface area (Å²) in [5.74, 6) is -3.94. The zero-order valence-corrected chi connectivity index (χ0v) is 64.3. The lowest BCUT2D eigenvalue weighted by atomic mass is 10.0. The molecule has 1 aromatic carbocycles. The van der Waals surface area contributed by atoms with E-state index in [0.29, 0.717) is 30.5 Å². The molecule has 1 aliphatic heterocycles. The first kappa shape index (κ1) is 103. The third kappa shape index (κ3) is 52.7. The van der Waals surface area contributed by atoms with Crippen LogP contribution in [0.3, 0.4) is 0 Å². The summed E-state index contributed by atoms with van der Waals surface area (Å²) < 4.78 is 62.7. The number of hydrogen-bond acceptors (Lipinski definition) is 34. The van der Waals surface area contributed by atoms with Crippen LogP contribution in [0.25, 0.3) is 0 Å². The van der Waals surface area contributed by atoms with Crippen LogP contribution in [-0.2, 0) is 92.2 Å². The topological polar surface area (TPSA) is 632 Å². The maximum absolute atomic E-state index is 14.0. The number of imide groups is 1. The lowest BCUT2D eigenvalue weighted by Crippen LogP contribution is -2.57. The number of nitrogens with zero attached hydrogens (tertiary/aromatic N) is 1. The van der Waals surface area contributed by atoms with E-state index >= 15 is 0 Å². The van der Waals surface area contributed by atoms with E-state index in [0.717, 1.165) is 4.90 Å². The van der Waals surface area contributed by atoms with Crippen LogP contribution in [0.1, 0.15) is 77.2 Å². The number of alkyl carbamates (subject to hydrolysis) is 1. The summed E-state index contributed by atoms with van der Waals surface area (Å²) in [4.78, 5) is 104. The number of aliphatic hydroxyl groups is 14. The standard InChI is InChI=1S/C71H124N8O34/c1-46(2)66(69(99)77-62(10-8-19-73-70(72)100)67(97)75-48-14-12-47(21-80)13-15-48)78-68(98)61(76-63(94)11-4-3-7-20-79-64(95)16-17-65(79)96)9-5-6-18-74-71(101)113-45-60(93)44-112-43-59(92)42-111-41-58(91)40-110-39-57(90)38-109-37-56(89)36-108-35-55(88)34-107-33-54(87)32-106-31-53(86)30-105-29-52(85)28-104-27-51(84)26-103-25-50(83)24-102-23-49(82)22-81/h12-17,46,49-62,66,80-93H,3-11,18-45H2,1-2H3,(H,74,101)(H,75,97)(H,76,94)(H,77,99)(H,78,98)(H3,72,73,100)/t49?,50?,51?,52?,53?,54?,55?,56?,57?,58?,59?,60?,61-,62-,66-/m0/s1. The average molecular weight is 1630 g/mol. The molecule has 2 rings (SSSR count). The number of benzene rings is 1. The Morgan fingerprint density at radius 3 is 1.12 bits per heavy atom. The van der Waals surface area contributed by atoms with Gasteiger partial charge in [0.15, 0.2) is 0 Å². The van der Waals surface area contributed by atoms with Gasteiger partial charge in [0.25, 0.3) is 11.8 Å². The molecule has 22 N–H and O–H groups in total. The predicted molar refractivity (Wildman–Crippen MR) is 394 cm³/mol. The molecule has 0 aromatic heterocycles. The highest BCUT2D eigenvalue weighted by Gasteiger charge is 2.32. The number of nitrogens with two attached hydrogens (primary N) is 1.